The van der Waals surface area contributed by atoms with Crippen molar-refractivity contribution in [3.8, 4) is 11.1 Å². The third-order valence-corrected chi connectivity index (χ3v) is 3.27. The van der Waals surface area contributed by atoms with Crippen LogP contribution in [0.4, 0.5) is 13.2 Å². The minimum atomic E-state index is -4.57. The number of hydrogen-bond donors (Lipinski definition) is 2. The third-order valence-electron chi connectivity index (χ3n) is 2.64. The molecule has 0 atom stereocenters. The van der Waals surface area contributed by atoms with Crippen molar-refractivity contribution >= 4 is 23.2 Å². The number of halogens is 5. The van der Waals surface area contributed by atoms with Crippen LogP contribution < -0.4 is 0 Å². The molecule has 0 bridgehead atoms. The maximum absolute atomic E-state index is 13.0. The van der Waals surface area contributed by atoms with E-state index in [9.17, 15) is 13.2 Å². The minimum absolute atomic E-state index is 0.0160. The van der Waals surface area contributed by atoms with E-state index in [0.29, 0.717) is 0 Å². The highest BCUT2D eigenvalue weighted by Gasteiger charge is 2.37. The number of aliphatic hydroxyl groups is 1. The highest BCUT2D eigenvalue weighted by Crippen LogP contribution is 2.44. The molecule has 0 amide bonds. The van der Waals surface area contributed by atoms with E-state index < -0.39 is 18.3 Å². The Kier molecular flexibility index (Phi) is 3.80. The number of aromatic amines is 1. The van der Waals surface area contributed by atoms with Crippen LogP contribution in [-0.2, 0) is 12.8 Å². The quantitative estimate of drug-likeness (QED) is 0.842. The molecule has 0 radical (unpaired) electrons. The summed E-state index contributed by atoms with van der Waals surface area (Å²) in [5.74, 6) is 0. The molecule has 0 spiro atoms. The lowest BCUT2D eigenvalue weighted by molar-refractivity contribution is -0.137. The van der Waals surface area contributed by atoms with Crippen LogP contribution in [0.1, 0.15) is 11.3 Å². The fourth-order valence-electron chi connectivity index (χ4n) is 1.84. The van der Waals surface area contributed by atoms with Gasteiger partial charge in [0.2, 0.25) is 0 Å². The van der Waals surface area contributed by atoms with Crippen molar-refractivity contribution in [2.75, 3.05) is 0 Å². The standard InChI is InChI=1S/C12H8Cl2F3NO/c13-7-2-1-3-8(14)11(7)10-6(12(15,16)17)4-18-9(10)5-19/h1-4,18-19H,5H2. The first-order chi connectivity index (χ1) is 8.86. The predicted molar refractivity (Wildman–Crippen MR) is 67.2 cm³/mol. The molecular formula is C12H8Cl2F3NO. The Bertz CT molecular complexity index is 587. The third kappa shape index (κ3) is 2.59. The first-order valence-corrected chi connectivity index (χ1v) is 5.94. The molecule has 7 heteroatoms. The second-order valence-electron chi connectivity index (χ2n) is 3.81. The molecule has 0 saturated carbocycles. The van der Waals surface area contributed by atoms with E-state index in [1.807, 2.05) is 0 Å². The number of aromatic nitrogens is 1. The number of benzene rings is 1. The second-order valence-corrected chi connectivity index (χ2v) is 4.62. The maximum Gasteiger partial charge on any atom is 0.418 e. The Morgan fingerprint density at radius 1 is 1.11 bits per heavy atom. The molecule has 1 heterocycles. The Morgan fingerprint density at radius 2 is 1.68 bits per heavy atom. The van der Waals surface area contributed by atoms with Crippen LogP contribution in [0.15, 0.2) is 24.4 Å². The van der Waals surface area contributed by atoms with Crippen molar-refractivity contribution in [2.45, 2.75) is 12.8 Å². The van der Waals surface area contributed by atoms with Gasteiger partial charge < -0.3 is 10.1 Å². The van der Waals surface area contributed by atoms with Gasteiger partial charge in [-0.15, -0.1) is 0 Å². The van der Waals surface area contributed by atoms with E-state index in [1.54, 1.807) is 0 Å². The molecule has 0 saturated heterocycles. The summed E-state index contributed by atoms with van der Waals surface area (Å²) in [6, 6.07) is 4.42. The molecule has 2 rings (SSSR count). The van der Waals surface area contributed by atoms with Crippen LogP contribution in [0.5, 0.6) is 0 Å². The highest BCUT2D eigenvalue weighted by atomic mass is 35.5. The minimum Gasteiger partial charge on any atom is -0.390 e. The molecule has 1 aromatic heterocycles. The van der Waals surface area contributed by atoms with E-state index in [4.69, 9.17) is 28.3 Å². The summed E-state index contributed by atoms with van der Waals surface area (Å²) in [7, 11) is 0. The van der Waals surface area contributed by atoms with E-state index in [1.165, 1.54) is 18.2 Å². The smallest absolute Gasteiger partial charge is 0.390 e. The van der Waals surface area contributed by atoms with Gasteiger partial charge in [-0.25, -0.2) is 0 Å². The van der Waals surface area contributed by atoms with Crippen LogP contribution in [0.3, 0.4) is 0 Å². The van der Waals surface area contributed by atoms with Crippen molar-refractivity contribution in [3.63, 3.8) is 0 Å². The van der Waals surface area contributed by atoms with Gasteiger partial charge in [0.15, 0.2) is 0 Å². The van der Waals surface area contributed by atoms with Crippen molar-refractivity contribution in [1.82, 2.24) is 4.98 Å². The fourth-order valence-corrected chi connectivity index (χ4v) is 2.42. The fraction of sp³-hybridized carbons (Fsp3) is 0.167. The van der Waals surface area contributed by atoms with Crippen LogP contribution >= 0.6 is 23.2 Å². The lowest BCUT2D eigenvalue weighted by Gasteiger charge is -2.12. The molecule has 0 fully saturated rings. The van der Waals surface area contributed by atoms with E-state index in [0.717, 1.165) is 6.20 Å². The highest BCUT2D eigenvalue weighted by molar-refractivity contribution is 6.39. The Balaban J connectivity index is 2.77. The summed E-state index contributed by atoms with van der Waals surface area (Å²) >= 11 is 11.8. The van der Waals surface area contributed by atoms with Gasteiger partial charge in [-0.2, -0.15) is 13.2 Å². The molecule has 2 aromatic rings. The van der Waals surface area contributed by atoms with Gasteiger partial charge in [0.25, 0.3) is 0 Å². The first-order valence-electron chi connectivity index (χ1n) is 5.19. The summed E-state index contributed by atoms with van der Waals surface area (Å²) in [5.41, 5.74) is -1.05. The number of nitrogens with one attached hydrogen (secondary N) is 1. The molecule has 2 N–H and O–H groups in total. The summed E-state index contributed by atoms with van der Waals surface area (Å²) in [4.78, 5) is 2.40. The van der Waals surface area contributed by atoms with Crippen LogP contribution in [-0.4, -0.2) is 10.1 Å². The normalized spacial score (nSPS) is 11.9. The van der Waals surface area contributed by atoms with Gasteiger partial charge in [-0.1, -0.05) is 29.3 Å². The molecule has 19 heavy (non-hydrogen) atoms. The summed E-state index contributed by atoms with van der Waals surface area (Å²) < 4.78 is 38.9. The van der Waals surface area contributed by atoms with Crippen molar-refractivity contribution in [2.24, 2.45) is 0 Å². The van der Waals surface area contributed by atoms with Gasteiger partial charge in [0.05, 0.1) is 12.2 Å². The number of hydrogen-bond acceptors (Lipinski definition) is 1. The van der Waals surface area contributed by atoms with Crippen LogP contribution in [0.25, 0.3) is 11.1 Å². The van der Waals surface area contributed by atoms with Crippen LogP contribution in [0, 0.1) is 0 Å². The molecule has 1 aromatic carbocycles. The summed E-state index contributed by atoms with van der Waals surface area (Å²) in [6.07, 6.45) is -3.78. The van der Waals surface area contributed by atoms with Crippen LogP contribution in [0.2, 0.25) is 10.0 Å². The topological polar surface area (TPSA) is 36.0 Å². The zero-order chi connectivity index (χ0) is 14.2. The largest absolute Gasteiger partial charge is 0.418 e. The van der Waals surface area contributed by atoms with Crippen molar-refractivity contribution < 1.29 is 18.3 Å². The average molecular weight is 310 g/mol. The SMILES string of the molecule is OCc1[nH]cc(C(F)(F)F)c1-c1c(Cl)cccc1Cl. The van der Waals surface area contributed by atoms with E-state index in [-0.39, 0.29) is 26.9 Å². The Labute approximate surface area is 116 Å². The summed E-state index contributed by atoms with van der Waals surface area (Å²) in [5, 5.41) is 9.34. The molecule has 0 unspecified atom stereocenters. The number of aliphatic hydroxyl groups excluding tert-OH is 1. The van der Waals surface area contributed by atoms with Crippen molar-refractivity contribution in [1.29, 1.82) is 0 Å². The monoisotopic (exact) mass is 309 g/mol. The van der Waals surface area contributed by atoms with Gasteiger partial charge >= 0.3 is 6.18 Å². The van der Waals surface area contributed by atoms with E-state index >= 15 is 0 Å². The molecule has 0 aliphatic heterocycles. The zero-order valence-corrected chi connectivity index (χ0v) is 10.9. The first kappa shape index (κ1) is 14.2. The Hall–Kier alpha value is -1.17. The number of rotatable bonds is 2. The molecule has 0 aliphatic rings. The molecule has 2 nitrogen and oxygen atoms in total. The number of H-pyrrole nitrogens is 1. The predicted octanol–water partition coefficient (Wildman–Crippen LogP) is 4.50. The lowest BCUT2D eigenvalue weighted by Crippen LogP contribution is -2.06. The Morgan fingerprint density at radius 3 is 2.16 bits per heavy atom. The molecule has 102 valence electrons. The molecular weight excluding hydrogens is 302 g/mol. The van der Waals surface area contributed by atoms with Gasteiger partial charge in [-0.3, -0.25) is 0 Å². The van der Waals surface area contributed by atoms with Gasteiger partial charge in [0, 0.05) is 33.1 Å². The zero-order valence-electron chi connectivity index (χ0n) is 9.35. The van der Waals surface area contributed by atoms with Gasteiger partial charge in [-0.05, 0) is 12.1 Å². The molecule has 0 aliphatic carbocycles. The second kappa shape index (κ2) is 5.07. The lowest BCUT2D eigenvalue weighted by atomic mass is 10.0. The maximum atomic E-state index is 13.0. The van der Waals surface area contributed by atoms with Crippen molar-refractivity contribution in [3.05, 3.63) is 45.7 Å². The average Bonchev–Trinajstić information content (AvgIpc) is 2.72. The number of alkyl halides is 3. The summed E-state index contributed by atoms with van der Waals surface area (Å²) in [6.45, 7) is -0.576. The van der Waals surface area contributed by atoms with E-state index in [2.05, 4.69) is 4.98 Å². The van der Waals surface area contributed by atoms with Gasteiger partial charge in [0.1, 0.15) is 0 Å².